The first-order chi connectivity index (χ1) is 8.61. The van der Waals surface area contributed by atoms with E-state index in [1.54, 1.807) is 12.1 Å². The SMILES string of the molecule is Cc1c(CN2CCC(CN)C2)cccc1[N+](=O)[O-]. The van der Waals surface area contributed by atoms with Gasteiger partial charge in [-0.3, -0.25) is 15.0 Å². The van der Waals surface area contributed by atoms with Crippen LogP contribution in [0.25, 0.3) is 0 Å². The molecule has 5 nitrogen and oxygen atoms in total. The molecular formula is C13H19N3O2. The van der Waals surface area contributed by atoms with Crippen LogP contribution in [-0.2, 0) is 6.54 Å². The van der Waals surface area contributed by atoms with E-state index in [0.29, 0.717) is 5.92 Å². The van der Waals surface area contributed by atoms with Crippen molar-refractivity contribution in [2.24, 2.45) is 11.7 Å². The number of rotatable bonds is 4. The predicted molar refractivity (Wildman–Crippen MR) is 70.3 cm³/mol. The Hall–Kier alpha value is -1.46. The van der Waals surface area contributed by atoms with Gasteiger partial charge in [0.1, 0.15) is 0 Å². The summed E-state index contributed by atoms with van der Waals surface area (Å²) in [7, 11) is 0. The standard InChI is InChI=1S/C13H19N3O2/c1-10-12(3-2-4-13(10)16(17)18)9-15-6-5-11(7-14)8-15/h2-4,11H,5-9,14H2,1H3. The van der Waals surface area contributed by atoms with Gasteiger partial charge in [0.25, 0.3) is 5.69 Å². The van der Waals surface area contributed by atoms with E-state index in [1.165, 1.54) is 0 Å². The molecule has 1 aliphatic heterocycles. The van der Waals surface area contributed by atoms with Crippen molar-refractivity contribution in [3.05, 3.63) is 39.4 Å². The van der Waals surface area contributed by atoms with Crippen LogP contribution in [0.4, 0.5) is 5.69 Å². The van der Waals surface area contributed by atoms with E-state index in [0.717, 1.165) is 43.7 Å². The molecule has 1 heterocycles. The maximum Gasteiger partial charge on any atom is 0.272 e. The summed E-state index contributed by atoms with van der Waals surface area (Å²) in [5.74, 6) is 0.573. The van der Waals surface area contributed by atoms with Crippen molar-refractivity contribution in [1.29, 1.82) is 0 Å². The predicted octanol–water partition coefficient (Wildman–Crippen LogP) is 1.68. The molecule has 0 aliphatic carbocycles. The zero-order valence-corrected chi connectivity index (χ0v) is 10.6. The Bertz CT molecular complexity index is 448. The Morgan fingerprint density at radius 1 is 1.56 bits per heavy atom. The van der Waals surface area contributed by atoms with Crippen LogP contribution in [-0.4, -0.2) is 29.5 Å². The zero-order chi connectivity index (χ0) is 13.1. The maximum atomic E-state index is 10.9. The lowest BCUT2D eigenvalue weighted by atomic mass is 10.1. The third-order valence-corrected chi connectivity index (χ3v) is 3.71. The second kappa shape index (κ2) is 5.46. The summed E-state index contributed by atoms with van der Waals surface area (Å²) in [4.78, 5) is 12.9. The number of likely N-dealkylation sites (tertiary alicyclic amines) is 1. The fourth-order valence-corrected chi connectivity index (χ4v) is 2.53. The van der Waals surface area contributed by atoms with E-state index < -0.39 is 0 Å². The largest absolute Gasteiger partial charge is 0.330 e. The van der Waals surface area contributed by atoms with Crippen molar-refractivity contribution in [2.75, 3.05) is 19.6 Å². The second-order valence-electron chi connectivity index (χ2n) is 4.94. The van der Waals surface area contributed by atoms with E-state index in [4.69, 9.17) is 5.73 Å². The molecule has 1 aromatic carbocycles. The Morgan fingerprint density at radius 2 is 2.33 bits per heavy atom. The quantitative estimate of drug-likeness (QED) is 0.651. The number of nitro groups is 1. The molecule has 5 heteroatoms. The summed E-state index contributed by atoms with van der Waals surface area (Å²) in [6.45, 7) is 5.36. The van der Waals surface area contributed by atoms with Gasteiger partial charge in [-0.2, -0.15) is 0 Å². The Labute approximate surface area is 107 Å². The molecule has 1 aromatic rings. The van der Waals surface area contributed by atoms with Gasteiger partial charge in [-0.25, -0.2) is 0 Å². The minimum atomic E-state index is -0.314. The number of hydrogen-bond acceptors (Lipinski definition) is 4. The highest BCUT2D eigenvalue weighted by Crippen LogP contribution is 2.24. The molecule has 0 bridgehead atoms. The monoisotopic (exact) mass is 249 g/mol. The first-order valence-electron chi connectivity index (χ1n) is 6.27. The molecule has 2 rings (SSSR count). The third-order valence-electron chi connectivity index (χ3n) is 3.71. The summed E-state index contributed by atoms with van der Waals surface area (Å²) in [6, 6.07) is 5.29. The normalized spacial score (nSPS) is 20.2. The van der Waals surface area contributed by atoms with Gasteiger partial charge in [0.05, 0.1) is 4.92 Å². The fraction of sp³-hybridized carbons (Fsp3) is 0.538. The summed E-state index contributed by atoms with van der Waals surface area (Å²) in [5.41, 5.74) is 7.70. The molecule has 1 aliphatic rings. The van der Waals surface area contributed by atoms with Gasteiger partial charge in [0, 0.05) is 24.7 Å². The summed E-state index contributed by atoms with van der Waals surface area (Å²) in [5, 5.41) is 10.9. The van der Waals surface area contributed by atoms with Crippen LogP contribution >= 0.6 is 0 Å². The van der Waals surface area contributed by atoms with Crippen molar-refractivity contribution in [1.82, 2.24) is 4.90 Å². The molecule has 1 unspecified atom stereocenters. The van der Waals surface area contributed by atoms with Gasteiger partial charge in [0.2, 0.25) is 0 Å². The molecule has 2 N–H and O–H groups in total. The molecule has 0 aromatic heterocycles. The molecule has 1 fully saturated rings. The number of hydrogen-bond donors (Lipinski definition) is 1. The molecule has 18 heavy (non-hydrogen) atoms. The number of benzene rings is 1. The number of nitrogens with two attached hydrogens (primary N) is 1. The lowest BCUT2D eigenvalue weighted by Gasteiger charge is -2.17. The summed E-state index contributed by atoms with van der Waals surface area (Å²) >= 11 is 0. The first kappa shape index (κ1) is 13.0. The van der Waals surface area contributed by atoms with Crippen molar-refractivity contribution in [3.63, 3.8) is 0 Å². The van der Waals surface area contributed by atoms with Crippen LogP contribution in [0.2, 0.25) is 0 Å². The highest BCUT2D eigenvalue weighted by atomic mass is 16.6. The van der Waals surface area contributed by atoms with Crippen LogP contribution < -0.4 is 5.73 Å². The molecule has 0 saturated carbocycles. The lowest BCUT2D eigenvalue weighted by molar-refractivity contribution is -0.385. The zero-order valence-electron chi connectivity index (χ0n) is 10.6. The molecule has 98 valence electrons. The van der Waals surface area contributed by atoms with Gasteiger partial charge in [-0.05, 0) is 37.9 Å². The van der Waals surface area contributed by atoms with Gasteiger partial charge in [-0.1, -0.05) is 12.1 Å². The highest BCUT2D eigenvalue weighted by molar-refractivity contribution is 5.44. The molecule has 0 radical (unpaired) electrons. The van der Waals surface area contributed by atoms with Crippen LogP contribution in [0.1, 0.15) is 17.5 Å². The van der Waals surface area contributed by atoms with Gasteiger partial charge in [-0.15, -0.1) is 0 Å². The van der Waals surface area contributed by atoms with E-state index >= 15 is 0 Å². The molecular weight excluding hydrogens is 230 g/mol. The molecule has 0 spiro atoms. The summed E-state index contributed by atoms with van der Waals surface area (Å²) in [6.07, 6.45) is 1.13. The number of nitro benzene ring substituents is 1. The van der Waals surface area contributed by atoms with E-state index in [1.807, 2.05) is 13.0 Å². The van der Waals surface area contributed by atoms with Crippen molar-refractivity contribution >= 4 is 5.69 Å². The second-order valence-corrected chi connectivity index (χ2v) is 4.94. The minimum absolute atomic E-state index is 0.210. The Morgan fingerprint density at radius 3 is 2.94 bits per heavy atom. The molecule has 1 saturated heterocycles. The summed E-state index contributed by atoms with van der Waals surface area (Å²) < 4.78 is 0. The third kappa shape index (κ3) is 2.68. The number of nitrogens with zero attached hydrogens (tertiary/aromatic N) is 2. The topological polar surface area (TPSA) is 72.4 Å². The average molecular weight is 249 g/mol. The first-order valence-corrected chi connectivity index (χ1v) is 6.27. The van der Waals surface area contributed by atoms with Gasteiger partial charge >= 0.3 is 0 Å². The van der Waals surface area contributed by atoms with Crippen LogP contribution in [0.5, 0.6) is 0 Å². The molecule has 1 atom stereocenters. The maximum absolute atomic E-state index is 10.9. The Balaban J connectivity index is 2.10. The van der Waals surface area contributed by atoms with Gasteiger partial charge < -0.3 is 5.73 Å². The van der Waals surface area contributed by atoms with Crippen molar-refractivity contribution in [3.8, 4) is 0 Å². The van der Waals surface area contributed by atoms with E-state index in [2.05, 4.69) is 4.90 Å². The van der Waals surface area contributed by atoms with E-state index in [-0.39, 0.29) is 10.6 Å². The smallest absolute Gasteiger partial charge is 0.272 e. The fourth-order valence-electron chi connectivity index (χ4n) is 2.53. The van der Waals surface area contributed by atoms with Gasteiger partial charge in [0.15, 0.2) is 0 Å². The molecule has 0 amide bonds. The van der Waals surface area contributed by atoms with Crippen LogP contribution in [0.3, 0.4) is 0 Å². The van der Waals surface area contributed by atoms with Crippen molar-refractivity contribution < 1.29 is 4.92 Å². The Kier molecular flexibility index (Phi) is 3.93. The van der Waals surface area contributed by atoms with Crippen LogP contribution in [0, 0.1) is 23.0 Å². The minimum Gasteiger partial charge on any atom is -0.330 e. The lowest BCUT2D eigenvalue weighted by Crippen LogP contribution is -2.23. The highest BCUT2D eigenvalue weighted by Gasteiger charge is 2.22. The van der Waals surface area contributed by atoms with Crippen LogP contribution in [0.15, 0.2) is 18.2 Å². The average Bonchev–Trinajstić information content (AvgIpc) is 2.79. The van der Waals surface area contributed by atoms with E-state index in [9.17, 15) is 10.1 Å². The van der Waals surface area contributed by atoms with Crippen molar-refractivity contribution in [2.45, 2.75) is 19.9 Å².